The quantitative estimate of drug-likeness (QED) is 0.707. The van der Waals surface area contributed by atoms with Crippen molar-refractivity contribution in [1.29, 1.82) is 0 Å². The molecular formula is C23H23NO5. The Kier molecular flexibility index (Phi) is 5.01. The largest absolute Gasteiger partial charge is 0.497 e. The number of rotatable bonds is 4. The lowest BCUT2D eigenvalue weighted by atomic mass is 9.90. The van der Waals surface area contributed by atoms with Crippen molar-refractivity contribution < 1.29 is 23.8 Å². The van der Waals surface area contributed by atoms with E-state index in [0.717, 1.165) is 29.4 Å². The lowest BCUT2D eigenvalue weighted by Gasteiger charge is -2.32. The van der Waals surface area contributed by atoms with Crippen molar-refractivity contribution in [3.8, 4) is 5.75 Å². The molecule has 4 rings (SSSR count). The second-order valence-corrected chi connectivity index (χ2v) is 7.44. The van der Waals surface area contributed by atoms with Gasteiger partial charge in [0.2, 0.25) is 0 Å². The van der Waals surface area contributed by atoms with Gasteiger partial charge in [-0.05, 0) is 49.6 Å². The Labute approximate surface area is 168 Å². The van der Waals surface area contributed by atoms with Crippen molar-refractivity contribution in [3.63, 3.8) is 0 Å². The van der Waals surface area contributed by atoms with Crippen LogP contribution in [0.4, 0.5) is 0 Å². The highest BCUT2D eigenvalue weighted by atomic mass is 16.5. The highest BCUT2D eigenvalue weighted by Gasteiger charge is 2.29. The first-order valence-electron chi connectivity index (χ1n) is 9.67. The number of carboxylic acid groups (broad SMARTS) is 1. The molecule has 1 amide bonds. The Morgan fingerprint density at radius 3 is 2.62 bits per heavy atom. The SMILES string of the molecule is COc1ccc2c(C)c(C(=O)N3CCC[C@H](c4ccc(C(=O)O)cc4)C3)oc2c1. The molecule has 0 saturated carbocycles. The number of nitrogens with zero attached hydrogens (tertiary/aromatic N) is 1. The zero-order chi connectivity index (χ0) is 20.5. The second-order valence-electron chi connectivity index (χ2n) is 7.44. The molecule has 150 valence electrons. The van der Waals surface area contributed by atoms with E-state index >= 15 is 0 Å². The first kappa shape index (κ1) is 19.1. The van der Waals surface area contributed by atoms with E-state index in [1.807, 2.05) is 36.1 Å². The number of furan rings is 1. The minimum Gasteiger partial charge on any atom is -0.497 e. The predicted molar refractivity (Wildman–Crippen MR) is 109 cm³/mol. The zero-order valence-corrected chi connectivity index (χ0v) is 16.5. The Morgan fingerprint density at radius 2 is 1.93 bits per heavy atom. The van der Waals surface area contributed by atoms with Crippen LogP contribution in [0.3, 0.4) is 0 Å². The molecular weight excluding hydrogens is 370 g/mol. The van der Waals surface area contributed by atoms with Crippen LogP contribution in [0.15, 0.2) is 46.9 Å². The van der Waals surface area contributed by atoms with E-state index in [4.69, 9.17) is 14.3 Å². The average Bonchev–Trinajstić information content (AvgIpc) is 3.09. The Balaban J connectivity index is 1.56. The Hall–Kier alpha value is -3.28. The summed E-state index contributed by atoms with van der Waals surface area (Å²) in [7, 11) is 1.60. The summed E-state index contributed by atoms with van der Waals surface area (Å²) in [6, 6.07) is 12.5. The van der Waals surface area contributed by atoms with Crippen LogP contribution < -0.4 is 4.74 Å². The summed E-state index contributed by atoms with van der Waals surface area (Å²) >= 11 is 0. The van der Waals surface area contributed by atoms with Crippen LogP contribution in [0, 0.1) is 6.92 Å². The number of piperidine rings is 1. The van der Waals surface area contributed by atoms with Gasteiger partial charge < -0.3 is 19.2 Å². The number of aromatic carboxylic acids is 1. The van der Waals surface area contributed by atoms with Gasteiger partial charge in [-0.25, -0.2) is 4.79 Å². The summed E-state index contributed by atoms with van der Waals surface area (Å²) < 4.78 is 11.1. The average molecular weight is 393 g/mol. The van der Waals surface area contributed by atoms with Crippen molar-refractivity contribution >= 4 is 22.8 Å². The molecule has 1 aliphatic rings. The molecule has 0 unspecified atom stereocenters. The van der Waals surface area contributed by atoms with E-state index in [2.05, 4.69) is 0 Å². The van der Waals surface area contributed by atoms with E-state index in [1.165, 1.54) is 0 Å². The number of carboxylic acids is 1. The molecule has 0 aliphatic carbocycles. The molecule has 0 bridgehead atoms. The van der Waals surface area contributed by atoms with Crippen molar-refractivity contribution in [2.75, 3.05) is 20.2 Å². The van der Waals surface area contributed by atoms with Crippen LogP contribution in [-0.4, -0.2) is 42.1 Å². The monoisotopic (exact) mass is 393 g/mol. The van der Waals surface area contributed by atoms with Gasteiger partial charge in [-0.1, -0.05) is 12.1 Å². The Bertz CT molecular complexity index is 1070. The van der Waals surface area contributed by atoms with Crippen molar-refractivity contribution in [3.05, 3.63) is 64.9 Å². The molecule has 1 saturated heterocycles. The van der Waals surface area contributed by atoms with Crippen LogP contribution in [0.5, 0.6) is 5.75 Å². The lowest BCUT2D eigenvalue weighted by molar-refractivity contribution is 0.0674. The number of carbonyl (C=O) groups excluding carboxylic acids is 1. The van der Waals surface area contributed by atoms with Gasteiger partial charge in [-0.3, -0.25) is 4.79 Å². The van der Waals surface area contributed by atoms with Gasteiger partial charge in [0.05, 0.1) is 12.7 Å². The third-order valence-corrected chi connectivity index (χ3v) is 5.68. The number of amides is 1. The van der Waals surface area contributed by atoms with Gasteiger partial charge >= 0.3 is 5.97 Å². The van der Waals surface area contributed by atoms with Gasteiger partial charge in [0.25, 0.3) is 5.91 Å². The molecule has 1 N–H and O–H groups in total. The number of carbonyl (C=O) groups is 2. The summed E-state index contributed by atoms with van der Waals surface area (Å²) in [6.45, 7) is 3.17. The maximum absolute atomic E-state index is 13.2. The molecule has 6 nitrogen and oxygen atoms in total. The number of ether oxygens (including phenoxy) is 1. The number of fused-ring (bicyclic) bond motifs is 1. The molecule has 1 fully saturated rings. The van der Waals surface area contributed by atoms with Crippen LogP contribution in [0.2, 0.25) is 0 Å². The van der Waals surface area contributed by atoms with Crippen LogP contribution in [0.1, 0.15) is 50.8 Å². The maximum Gasteiger partial charge on any atom is 0.335 e. The fourth-order valence-electron chi connectivity index (χ4n) is 4.01. The predicted octanol–water partition coefficient (Wildman–Crippen LogP) is 4.47. The topological polar surface area (TPSA) is 80.0 Å². The molecule has 6 heteroatoms. The molecule has 3 aromatic rings. The molecule has 2 aromatic carbocycles. The molecule has 1 atom stereocenters. The maximum atomic E-state index is 13.2. The van der Waals surface area contributed by atoms with E-state index in [1.54, 1.807) is 25.3 Å². The molecule has 0 radical (unpaired) electrons. The summed E-state index contributed by atoms with van der Waals surface area (Å²) in [5.41, 5.74) is 2.80. The fraction of sp³-hybridized carbons (Fsp3) is 0.304. The van der Waals surface area contributed by atoms with Crippen LogP contribution in [-0.2, 0) is 0 Å². The third-order valence-electron chi connectivity index (χ3n) is 5.68. The molecule has 1 aliphatic heterocycles. The lowest BCUT2D eigenvalue weighted by Crippen LogP contribution is -2.39. The van der Waals surface area contributed by atoms with Gasteiger partial charge in [-0.15, -0.1) is 0 Å². The normalized spacial score (nSPS) is 16.8. The van der Waals surface area contributed by atoms with Gasteiger partial charge in [0.15, 0.2) is 5.76 Å². The number of hydrogen-bond donors (Lipinski definition) is 1. The number of methoxy groups -OCH3 is 1. The minimum atomic E-state index is -0.936. The van der Waals surface area contributed by atoms with Gasteiger partial charge in [0.1, 0.15) is 11.3 Å². The third kappa shape index (κ3) is 3.58. The number of hydrogen-bond acceptors (Lipinski definition) is 4. The van der Waals surface area contributed by atoms with E-state index in [0.29, 0.717) is 30.2 Å². The summed E-state index contributed by atoms with van der Waals surface area (Å²) in [6.07, 6.45) is 1.86. The first-order chi connectivity index (χ1) is 14.0. The van der Waals surface area contributed by atoms with Crippen LogP contribution >= 0.6 is 0 Å². The fourth-order valence-corrected chi connectivity index (χ4v) is 4.01. The summed E-state index contributed by atoms with van der Waals surface area (Å²) in [5.74, 6) is 0.196. The van der Waals surface area contributed by atoms with E-state index in [-0.39, 0.29) is 17.4 Å². The number of aryl methyl sites for hydroxylation is 1. The highest BCUT2D eigenvalue weighted by molar-refractivity contribution is 5.99. The standard InChI is InChI=1S/C23H23NO5/c1-14-19-10-9-18(28-2)12-20(19)29-21(14)22(25)24-11-3-4-17(13-24)15-5-7-16(8-6-15)23(26)27/h5-10,12,17H,3-4,11,13H2,1-2H3,(H,26,27)/t17-/m0/s1. The van der Waals surface area contributed by atoms with Crippen molar-refractivity contribution in [2.45, 2.75) is 25.7 Å². The molecule has 1 aromatic heterocycles. The highest BCUT2D eigenvalue weighted by Crippen LogP contribution is 2.32. The van der Waals surface area contributed by atoms with E-state index in [9.17, 15) is 9.59 Å². The summed E-state index contributed by atoms with van der Waals surface area (Å²) in [4.78, 5) is 26.1. The van der Waals surface area contributed by atoms with Crippen LogP contribution in [0.25, 0.3) is 11.0 Å². The number of benzene rings is 2. The first-order valence-corrected chi connectivity index (χ1v) is 9.67. The summed E-state index contributed by atoms with van der Waals surface area (Å²) in [5, 5.41) is 9.98. The second kappa shape index (κ2) is 7.62. The zero-order valence-electron chi connectivity index (χ0n) is 16.5. The Morgan fingerprint density at radius 1 is 1.17 bits per heavy atom. The molecule has 29 heavy (non-hydrogen) atoms. The van der Waals surface area contributed by atoms with Crippen molar-refractivity contribution in [1.82, 2.24) is 4.90 Å². The number of likely N-dealkylation sites (tertiary alicyclic amines) is 1. The minimum absolute atomic E-state index is 0.107. The van der Waals surface area contributed by atoms with Gasteiger partial charge in [0, 0.05) is 36.0 Å². The molecule has 0 spiro atoms. The van der Waals surface area contributed by atoms with Gasteiger partial charge in [-0.2, -0.15) is 0 Å². The molecule has 2 heterocycles. The van der Waals surface area contributed by atoms with E-state index < -0.39 is 5.97 Å². The van der Waals surface area contributed by atoms with Crippen molar-refractivity contribution in [2.24, 2.45) is 0 Å². The smallest absolute Gasteiger partial charge is 0.335 e.